The van der Waals surface area contributed by atoms with Gasteiger partial charge in [0.1, 0.15) is 5.75 Å². The number of aromatic nitrogens is 1. The number of benzene rings is 1. The molecule has 0 saturated carbocycles. The molecule has 20 heavy (non-hydrogen) atoms. The SMILES string of the molecule is Cc1cccc(OCC(=O)N(C)CCc2nccs2)c1. The predicted molar refractivity (Wildman–Crippen MR) is 80.1 cm³/mol. The van der Waals surface area contributed by atoms with Crippen LogP contribution in [0.4, 0.5) is 0 Å². The summed E-state index contributed by atoms with van der Waals surface area (Å²) in [5, 5.41) is 2.99. The molecule has 4 nitrogen and oxygen atoms in total. The second-order valence-electron chi connectivity index (χ2n) is 4.60. The van der Waals surface area contributed by atoms with Crippen LogP contribution in [-0.2, 0) is 11.2 Å². The molecule has 0 bridgehead atoms. The van der Waals surface area contributed by atoms with Crippen LogP contribution in [-0.4, -0.2) is 36.0 Å². The van der Waals surface area contributed by atoms with Gasteiger partial charge in [-0.2, -0.15) is 0 Å². The Morgan fingerprint density at radius 1 is 1.45 bits per heavy atom. The van der Waals surface area contributed by atoms with Gasteiger partial charge < -0.3 is 9.64 Å². The van der Waals surface area contributed by atoms with Crippen molar-refractivity contribution in [1.29, 1.82) is 0 Å². The van der Waals surface area contributed by atoms with Gasteiger partial charge in [-0.3, -0.25) is 4.79 Å². The number of carbonyl (C=O) groups excluding carboxylic acids is 1. The number of hydrogen-bond acceptors (Lipinski definition) is 4. The second-order valence-corrected chi connectivity index (χ2v) is 5.58. The number of nitrogens with zero attached hydrogens (tertiary/aromatic N) is 2. The van der Waals surface area contributed by atoms with Gasteiger partial charge in [0.15, 0.2) is 6.61 Å². The van der Waals surface area contributed by atoms with Crippen LogP contribution in [0.25, 0.3) is 0 Å². The minimum Gasteiger partial charge on any atom is -0.484 e. The third kappa shape index (κ3) is 4.35. The lowest BCUT2D eigenvalue weighted by atomic mass is 10.2. The highest BCUT2D eigenvalue weighted by molar-refractivity contribution is 7.09. The molecule has 1 aromatic heterocycles. The first-order chi connectivity index (χ1) is 9.65. The van der Waals surface area contributed by atoms with Crippen molar-refractivity contribution < 1.29 is 9.53 Å². The summed E-state index contributed by atoms with van der Waals surface area (Å²) in [5.41, 5.74) is 1.12. The van der Waals surface area contributed by atoms with Crippen molar-refractivity contribution in [3.63, 3.8) is 0 Å². The fourth-order valence-corrected chi connectivity index (χ4v) is 2.33. The third-order valence-corrected chi connectivity index (χ3v) is 3.76. The monoisotopic (exact) mass is 290 g/mol. The molecule has 0 spiro atoms. The van der Waals surface area contributed by atoms with Gasteiger partial charge in [-0.15, -0.1) is 11.3 Å². The summed E-state index contributed by atoms with van der Waals surface area (Å²) in [6, 6.07) is 7.69. The van der Waals surface area contributed by atoms with Gasteiger partial charge in [0.25, 0.3) is 5.91 Å². The predicted octanol–water partition coefficient (Wildman–Crippen LogP) is 2.53. The summed E-state index contributed by atoms with van der Waals surface area (Å²) in [6.45, 7) is 2.72. The Hall–Kier alpha value is -1.88. The van der Waals surface area contributed by atoms with Gasteiger partial charge in [0.2, 0.25) is 0 Å². The second kappa shape index (κ2) is 7.05. The fraction of sp³-hybridized carbons (Fsp3) is 0.333. The van der Waals surface area contributed by atoms with E-state index < -0.39 is 0 Å². The van der Waals surface area contributed by atoms with Crippen molar-refractivity contribution in [3.05, 3.63) is 46.4 Å². The Labute approximate surface area is 123 Å². The van der Waals surface area contributed by atoms with E-state index in [0.717, 1.165) is 22.7 Å². The maximum absolute atomic E-state index is 11.9. The van der Waals surface area contributed by atoms with E-state index in [4.69, 9.17) is 4.74 Å². The van der Waals surface area contributed by atoms with Gasteiger partial charge in [-0.25, -0.2) is 4.98 Å². The van der Waals surface area contributed by atoms with E-state index in [-0.39, 0.29) is 12.5 Å². The van der Waals surface area contributed by atoms with Crippen LogP contribution in [0, 0.1) is 6.92 Å². The summed E-state index contributed by atoms with van der Waals surface area (Å²) in [5.74, 6) is 0.703. The Bertz CT molecular complexity index is 555. The average molecular weight is 290 g/mol. The third-order valence-electron chi connectivity index (χ3n) is 2.92. The molecule has 0 fully saturated rings. The zero-order chi connectivity index (χ0) is 14.4. The molecule has 0 aliphatic rings. The number of thiazole rings is 1. The van der Waals surface area contributed by atoms with E-state index in [1.165, 1.54) is 0 Å². The number of aryl methyl sites for hydroxylation is 1. The molecule has 1 heterocycles. The topological polar surface area (TPSA) is 42.4 Å². The van der Waals surface area contributed by atoms with Crippen molar-refractivity contribution in [2.45, 2.75) is 13.3 Å². The van der Waals surface area contributed by atoms with Gasteiger partial charge in [0.05, 0.1) is 5.01 Å². The van der Waals surface area contributed by atoms with E-state index in [0.29, 0.717) is 6.54 Å². The molecule has 0 unspecified atom stereocenters. The maximum atomic E-state index is 11.9. The minimum absolute atomic E-state index is 0.0249. The van der Waals surface area contributed by atoms with E-state index in [2.05, 4.69) is 4.98 Å². The highest BCUT2D eigenvalue weighted by Crippen LogP contribution is 2.12. The quantitative estimate of drug-likeness (QED) is 0.821. The molecule has 5 heteroatoms. The summed E-state index contributed by atoms with van der Waals surface area (Å²) in [7, 11) is 1.79. The molecule has 0 aliphatic carbocycles. The Kier molecular flexibility index (Phi) is 5.12. The van der Waals surface area contributed by atoms with Crippen molar-refractivity contribution in [2.75, 3.05) is 20.2 Å². The summed E-state index contributed by atoms with van der Waals surface area (Å²) < 4.78 is 5.50. The van der Waals surface area contributed by atoms with E-state index in [1.807, 2.05) is 36.6 Å². The van der Waals surface area contributed by atoms with Gasteiger partial charge in [0, 0.05) is 31.6 Å². The molecular formula is C15H18N2O2S. The van der Waals surface area contributed by atoms with Crippen molar-refractivity contribution >= 4 is 17.2 Å². The first kappa shape index (κ1) is 14.5. The van der Waals surface area contributed by atoms with Gasteiger partial charge in [-0.1, -0.05) is 12.1 Å². The molecule has 0 radical (unpaired) electrons. The normalized spacial score (nSPS) is 10.3. The number of likely N-dealkylation sites (N-methyl/N-ethyl adjacent to an activating group) is 1. The Balaban J connectivity index is 1.76. The number of hydrogen-bond donors (Lipinski definition) is 0. The van der Waals surface area contributed by atoms with Crippen LogP contribution in [0.15, 0.2) is 35.8 Å². The lowest BCUT2D eigenvalue weighted by Crippen LogP contribution is -2.33. The van der Waals surface area contributed by atoms with Crippen molar-refractivity contribution in [1.82, 2.24) is 9.88 Å². The molecule has 0 N–H and O–H groups in total. The van der Waals surface area contributed by atoms with Crippen molar-refractivity contribution in [3.8, 4) is 5.75 Å². The number of carbonyl (C=O) groups is 1. The zero-order valence-corrected chi connectivity index (χ0v) is 12.5. The van der Waals surface area contributed by atoms with Crippen molar-refractivity contribution in [2.24, 2.45) is 0 Å². The van der Waals surface area contributed by atoms with E-state index in [9.17, 15) is 4.79 Å². The largest absolute Gasteiger partial charge is 0.484 e. The molecule has 2 aromatic rings. The van der Waals surface area contributed by atoms with Gasteiger partial charge in [-0.05, 0) is 24.6 Å². The van der Waals surface area contributed by atoms with Crippen LogP contribution in [0.5, 0.6) is 5.75 Å². The Morgan fingerprint density at radius 2 is 2.30 bits per heavy atom. The molecule has 1 amide bonds. The first-order valence-corrected chi connectivity index (χ1v) is 7.35. The highest BCUT2D eigenvalue weighted by atomic mass is 32.1. The van der Waals surface area contributed by atoms with Crippen LogP contribution < -0.4 is 4.74 Å². The summed E-state index contributed by atoms with van der Waals surface area (Å²) in [4.78, 5) is 17.8. The standard InChI is InChI=1S/C15H18N2O2S/c1-12-4-3-5-13(10-12)19-11-15(18)17(2)8-6-14-16-7-9-20-14/h3-5,7,9-10H,6,8,11H2,1-2H3. The van der Waals surface area contributed by atoms with E-state index >= 15 is 0 Å². The first-order valence-electron chi connectivity index (χ1n) is 6.47. The minimum atomic E-state index is -0.0249. The maximum Gasteiger partial charge on any atom is 0.260 e. The zero-order valence-electron chi connectivity index (χ0n) is 11.7. The van der Waals surface area contributed by atoms with Crippen LogP contribution in [0.1, 0.15) is 10.6 Å². The summed E-state index contributed by atoms with van der Waals surface area (Å²) >= 11 is 1.61. The smallest absolute Gasteiger partial charge is 0.260 e. The lowest BCUT2D eigenvalue weighted by molar-refractivity contribution is -0.132. The number of amides is 1. The number of rotatable bonds is 6. The summed E-state index contributed by atoms with van der Waals surface area (Å²) in [6.07, 6.45) is 2.56. The fourth-order valence-electron chi connectivity index (χ4n) is 1.72. The molecule has 1 aromatic carbocycles. The average Bonchev–Trinajstić information content (AvgIpc) is 2.95. The van der Waals surface area contributed by atoms with Crippen LogP contribution in [0.2, 0.25) is 0 Å². The molecule has 0 aliphatic heterocycles. The molecule has 0 saturated heterocycles. The van der Waals surface area contributed by atoms with Crippen LogP contribution in [0.3, 0.4) is 0 Å². The Morgan fingerprint density at radius 3 is 3.00 bits per heavy atom. The lowest BCUT2D eigenvalue weighted by Gasteiger charge is -2.16. The number of ether oxygens (including phenoxy) is 1. The molecule has 2 rings (SSSR count). The molecule has 106 valence electrons. The highest BCUT2D eigenvalue weighted by Gasteiger charge is 2.10. The van der Waals surface area contributed by atoms with Gasteiger partial charge >= 0.3 is 0 Å². The van der Waals surface area contributed by atoms with E-state index in [1.54, 1.807) is 29.5 Å². The molecular weight excluding hydrogens is 272 g/mol. The van der Waals surface area contributed by atoms with Crippen LogP contribution >= 0.6 is 11.3 Å². The molecule has 0 atom stereocenters.